The van der Waals surface area contributed by atoms with Crippen molar-refractivity contribution >= 4 is 12.7 Å². The van der Waals surface area contributed by atoms with Crippen LogP contribution in [0, 0.1) is 6.08 Å². The zero-order chi connectivity index (χ0) is 15.3. The van der Waals surface area contributed by atoms with E-state index >= 15 is 0 Å². The lowest BCUT2D eigenvalue weighted by Gasteiger charge is -2.32. The minimum Gasteiger partial charge on any atom is -0.398 e. The average Bonchev–Trinajstić information content (AvgIpc) is 2.89. The highest BCUT2D eigenvalue weighted by Gasteiger charge is 2.52. The average molecular weight is 290 g/mol. The Balaban J connectivity index is 1.93. The predicted octanol–water partition coefficient (Wildman–Crippen LogP) is 1.10. The molecule has 110 valence electrons. The van der Waals surface area contributed by atoms with Crippen molar-refractivity contribution in [3.63, 3.8) is 0 Å². The molecule has 1 aliphatic rings. The molecule has 1 aliphatic heterocycles. The Morgan fingerprint density at radius 3 is 2.38 bits per heavy atom. The van der Waals surface area contributed by atoms with Gasteiger partial charge in [-0.2, -0.15) is 4.39 Å². The van der Waals surface area contributed by atoms with Gasteiger partial charge in [-0.3, -0.25) is 9.55 Å². The number of imidazole rings is 1. The summed E-state index contributed by atoms with van der Waals surface area (Å²) in [6.45, 7) is 7.73. The van der Waals surface area contributed by atoms with Gasteiger partial charge in [0.05, 0.1) is 23.0 Å². The van der Waals surface area contributed by atoms with Crippen molar-refractivity contribution in [3.8, 4) is 5.82 Å². The van der Waals surface area contributed by atoms with Crippen LogP contribution in [0.3, 0.4) is 0 Å². The normalized spacial score (nSPS) is 20.0. The van der Waals surface area contributed by atoms with E-state index in [0.717, 1.165) is 0 Å². The van der Waals surface area contributed by atoms with Crippen LogP contribution < -0.4 is 5.59 Å². The number of hydrogen-bond donors (Lipinski definition) is 0. The highest BCUT2D eigenvalue weighted by Crippen LogP contribution is 2.36. The van der Waals surface area contributed by atoms with Gasteiger partial charge in [0.15, 0.2) is 5.82 Å². The van der Waals surface area contributed by atoms with Gasteiger partial charge in [0.1, 0.15) is 0 Å². The van der Waals surface area contributed by atoms with Crippen LogP contribution in [0.4, 0.5) is 4.39 Å². The topological polar surface area (TPSA) is 62.1 Å². The summed E-state index contributed by atoms with van der Waals surface area (Å²) in [6, 6.07) is 0. The first kappa shape index (κ1) is 14.2. The summed E-state index contributed by atoms with van der Waals surface area (Å²) in [5.74, 6) is 0.352. The molecule has 2 aromatic heterocycles. The summed E-state index contributed by atoms with van der Waals surface area (Å²) in [4.78, 5) is 11.8. The molecule has 3 heterocycles. The van der Waals surface area contributed by atoms with Gasteiger partial charge in [0.2, 0.25) is 0 Å². The zero-order valence-electron chi connectivity index (χ0n) is 12.4. The molecule has 0 atom stereocenters. The van der Waals surface area contributed by atoms with Gasteiger partial charge < -0.3 is 9.31 Å². The van der Waals surface area contributed by atoms with Gasteiger partial charge in [-0.1, -0.05) is 0 Å². The Kier molecular flexibility index (Phi) is 3.10. The van der Waals surface area contributed by atoms with Crippen LogP contribution in [0.5, 0.6) is 0 Å². The van der Waals surface area contributed by atoms with E-state index in [1.807, 2.05) is 27.7 Å². The summed E-state index contributed by atoms with van der Waals surface area (Å²) in [5.41, 5.74) is -0.619. The molecule has 0 amide bonds. The lowest BCUT2D eigenvalue weighted by molar-refractivity contribution is 0.00578. The number of rotatable bonds is 2. The molecule has 8 heteroatoms. The van der Waals surface area contributed by atoms with Crippen molar-refractivity contribution in [1.82, 2.24) is 19.5 Å². The molecule has 0 unspecified atom stereocenters. The van der Waals surface area contributed by atoms with Crippen molar-refractivity contribution in [2.75, 3.05) is 0 Å². The van der Waals surface area contributed by atoms with E-state index in [-0.39, 0.29) is 0 Å². The van der Waals surface area contributed by atoms with Gasteiger partial charge in [-0.05, 0) is 27.7 Å². The molecule has 1 fully saturated rings. The summed E-state index contributed by atoms with van der Waals surface area (Å²) in [7, 11) is -0.706. The fraction of sp³-hybridized carbons (Fsp3) is 0.462. The van der Waals surface area contributed by atoms with Crippen molar-refractivity contribution in [2.45, 2.75) is 38.9 Å². The van der Waals surface area contributed by atoms with Crippen LogP contribution >= 0.6 is 0 Å². The third-order valence-corrected chi connectivity index (χ3v) is 3.97. The lowest BCUT2D eigenvalue weighted by Crippen LogP contribution is -2.41. The van der Waals surface area contributed by atoms with E-state index in [4.69, 9.17) is 9.31 Å². The maximum Gasteiger partial charge on any atom is 0.516 e. The third kappa shape index (κ3) is 2.34. The molecule has 2 aromatic rings. The van der Waals surface area contributed by atoms with Gasteiger partial charge in [0, 0.05) is 18.6 Å². The smallest absolute Gasteiger partial charge is 0.398 e. The van der Waals surface area contributed by atoms with Crippen LogP contribution in [0.1, 0.15) is 27.7 Å². The lowest BCUT2D eigenvalue weighted by atomic mass is 9.86. The molecule has 0 N–H and O–H groups in total. The highest BCUT2D eigenvalue weighted by molar-refractivity contribution is 6.61. The highest BCUT2D eigenvalue weighted by atomic mass is 19.1. The standard InChI is InChI=1S/C13H16BFN4O2/c1-12(2)13(3,4)21-14(20-12)9-8-19(11(15)18-9)10-7-16-5-6-17-10/h5-8H,1-4H3. The molecule has 0 bridgehead atoms. The molecule has 21 heavy (non-hydrogen) atoms. The maximum absolute atomic E-state index is 14.0. The minimum atomic E-state index is -0.706. The molecular formula is C13H16BFN4O2. The quantitative estimate of drug-likeness (QED) is 0.775. The zero-order valence-corrected chi connectivity index (χ0v) is 12.4. The van der Waals surface area contributed by atoms with E-state index in [9.17, 15) is 4.39 Å². The summed E-state index contributed by atoms with van der Waals surface area (Å²) in [6.07, 6.45) is 5.30. The largest absolute Gasteiger partial charge is 0.516 e. The van der Waals surface area contributed by atoms with Gasteiger partial charge >= 0.3 is 7.12 Å². The number of aromatic nitrogens is 4. The molecular weight excluding hydrogens is 274 g/mol. The predicted molar refractivity (Wildman–Crippen MR) is 74.8 cm³/mol. The Morgan fingerprint density at radius 2 is 1.81 bits per heavy atom. The van der Waals surface area contributed by atoms with Crippen molar-refractivity contribution in [2.24, 2.45) is 0 Å². The molecule has 1 saturated heterocycles. The van der Waals surface area contributed by atoms with Crippen LogP contribution in [0.15, 0.2) is 24.8 Å². The fourth-order valence-electron chi connectivity index (χ4n) is 2.03. The van der Waals surface area contributed by atoms with Crippen molar-refractivity contribution in [1.29, 1.82) is 0 Å². The summed E-state index contributed by atoms with van der Waals surface area (Å²) in [5, 5.41) is 0. The molecule has 0 saturated carbocycles. The molecule has 6 nitrogen and oxygen atoms in total. The Hall–Kier alpha value is -1.80. The number of nitrogens with zero attached hydrogens (tertiary/aromatic N) is 4. The fourth-order valence-corrected chi connectivity index (χ4v) is 2.03. The van der Waals surface area contributed by atoms with Crippen LogP contribution in [0.25, 0.3) is 5.82 Å². The monoisotopic (exact) mass is 290 g/mol. The van der Waals surface area contributed by atoms with E-state index < -0.39 is 24.4 Å². The second kappa shape index (κ2) is 4.61. The van der Waals surface area contributed by atoms with Crippen molar-refractivity contribution < 1.29 is 13.7 Å². The van der Waals surface area contributed by atoms with E-state index in [1.54, 1.807) is 0 Å². The van der Waals surface area contributed by atoms with Gasteiger partial charge in [-0.25, -0.2) is 9.97 Å². The summed E-state index contributed by atoms with van der Waals surface area (Å²) >= 11 is 0. The molecule has 3 rings (SSSR count). The molecule has 0 spiro atoms. The SMILES string of the molecule is CC1(C)OB(c2cn(-c3cnccn3)c(F)n2)OC1(C)C. The second-order valence-electron chi connectivity index (χ2n) is 5.96. The first-order valence-corrected chi connectivity index (χ1v) is 6.67. The number of hydrogen-bond acceptors (Lipinski definition) is 5. The summed E-state index contributed by atoms with van der Waals surface area (Å²) < 4.78 is 26.9. The van der Waals surface area contributed by atoms with E-state index in [0.29, 0.717) is 11.4 Å². The van der Waals surface area contributed by atoms with Crippen LogP contribution in [-0.4, -0.2) is 37.8 Å². The van der Waals surface area contributed by atoms with Crippen LogP contribution in [-0.2, 0) is 9.31 Å². The molecule has 0 aromatic carbocycles. The van der Waals surface area contributed by atoms with Gasteiger partial charge in [-0.15, -0.1) is 0 Å². The van der Waals surface area contributed by atoms with E-state index in [1.165, 1.54) is 29.4 Å². The Morgan fingerprint density at radius 1 is 1.14 bits per heavy atom. The first-order valence-electron chi connectivity index (χ1n) is 6.67. The third-order valence-electron chi connectivity index (χ3n) is 3.97. The van der Waals surface area contributed by atoms with Crippen molar-refractivity contribution in [3.05, 3.63) is 30.9 Å². The van der Waals surface area contributed by atoms with E-state index in [2.05, 4.69) is 15.0 Å². The first-order chi connectivity index (χ1) is 9.80. The minimum absolute atomic E-state index is 0.352. The molecule has 0 radical (unpaired) electrons. The molecule has 0 aliphatic carbocycles. The Bertz CT molecular complexity index is 643. The van der Waals surface area contributed by atoms with Crippen LogP contribution in [0.2, 0.25) is 0 Å². The maximum atomic E-state index is 14.0. The Labute approximate surface area is 122 Å². The second-order valence-corrected chi connectivity index (χ2v) is 5.96. The number of halogens is 1. The van der Waals surface area contributed by atoms with Gasteiger partial charge in [0.25, 0.3) is 6.08 Å².